The third kappa shape index (κ3) is 5.48. The third-order valence-electron chi connectivity index (χ3n) is 4.27. The zero-order chi connectivity index (χ0) is 20.2. The van der Waals surface area contributed by atoms with Gasteiger partial charge in [0, 0.05) is 39.4 Å². The Bertz CT molecular complexity index is 863. The number of sulfone groups is 2. The van der Waals surface area contributed by atoms with Gasteiger partial charge in [0.15, 0.2) is 26.0 Å². The summed E-state index contributed by atoms with van der Waals surface area (Å²) in [5.41, 5.74) is 0.457. The lowest BCUT2D eigenvalue weighted by Crippen LogP contribution is -2.46. The van der Waals surface area contributed by atoms with Gasteiger partial charge in [-0.2, -0.15) is 0 Å². The Morgan fingerprint density at radius 2 is 1.78 bits per heavy atom. The molecule has 152 valence electrons. The van der Waals surface area contributed by atoms with Crippen molar-refractivity contribution in [1.29, 1.82) is 0 Å². The Labute approximate surface area is 159 Å². The number of nitrogens with one attached hydrogen (secondary N) is 2. The molecule has 1 heterocycles. The van der Waals surface area contributed by atoms with E-state index in [4.69, 9.17) is 9.47 Å². The number of amides is 1. The molecule has 9 nitrogen and oxygen atoms in total. The number of rotatable bonds is 8. The first-order valence-corrected chi connectivity index (χ1v) is 11.6. The molecule has 0 bridgehead atoms. The average Bonchev–Trinajstić information content (AvgIpc) is 2.91. The first-order chi connectivity index (χ1) is 12.6. The van der Waals surface area contributed by atoms with Crippen molar-refractivity contribution in [2.75, 3.05) is 37.6 Å². The molecule has 0 saturated carbocycles. The van der Waals surface area contributed by atoms with E-state index in [1.54, 1.807) is 0 Å². The van der Waals surface area contributed by atoms with Crippen LogP contribution in [0.5, 0.6) is 0 Å². The van der Waals surface area contributed by atoms with Crippen LogP contribution < -0.4 is 10.6 Å². The molecule has 2 N–H and O–H groups in total. The highest BCUT2D eigenvalue weighted by Gasteiger charge is 2.45. The van der Waals surface area contributed by atoms with Crippen LogP contribution in [0.4, 0.5) is 5.69 Å². The van der Waals surface area contributed by atoms with Gasteiger partial charge < -0.3 is 20.1 Å². The normalized spacial score (nSPS) is 22.1. The van der Waals surface area contributed by atoms with E-state index >= 15 is 0 Å². The van der Waals surface area contributed by atoms with Gasteiger partial charge >= 0.3 is 0 Å². The van der Waals surface area contributed by atoms with Crippen molar-refractivity contribution in [3.63, 3.8) is 0 Å². The Morgan fingerprint density at radius 1 is 1.19 bits per heavy atom. The molecule has 2 atom stereocenters. The van der Waals surface area contributed by atoms with Gasteiger partial charge in [0.05, 0.1) is 21.7 Å². The molecule has 1 aliphatic heterocycles. The van der Waals surface area contributed by atoms with E-state index in [1.165, 1.54) is 45.4 Å². The minimum Gasteiger partial charge on any atom is -0.355 e. The summed E-state index contributed by atoms with van der Waals surface area (Å²) in [5, 5.41) is 4.37. The van der Waals surface area contributed by atoms with Gasteiger partial charge in [0.1, 0.15) is 0 Å². The van der Waals surface area contributed by atoms with Gasteiger partial charge in [-0.15, -0.1) is 0 Å². The number of methoxy groups -OCH3 is 2. The molecular formula is C16H24N2O7S2. The standard InChI is InChI=1S/C16H24N2O7S2/c1-11(19)18-12-4-6-13(7-5-12)27(22,23)15-10-26(20,21)9-14(15)17-8-16(24-2)25-3/h4-7,14-17H,8-10H2,1-3H3,(H,18,19)/t14-,15-/m0/s1. The second-order valence-electron chi connectivity index (χ2n) is 6.28. The van der Waals surface area contributed by atoms with E-state index < -0.39 is 43.0 Å². The zero-order valence-corrected chi connectivity index (χ0v) is 17.0. The number of carbonyl (C=O) groups is 1. The smallest absolute Gasteiger partial charge is 0.221 e. The van der Waals surface area contributed by atoms with Crippen molar-refractivity contribution in [3.05, 3.63) is 24.3 Å². The second-order valence-corrected chi connectivity index (χ2v) is 10.6. The fraction of sp³-hybridized carbons (Fsp3) is 0.562. The van der Waals surface area contributed by atoms with Gasteiger partial charge in [-0.05, 0) is 24.3 Å². The SMILES string of the molecule is COC(CN[C@H]1CS(=O)(=O)C[C@@H]1S(=O)(=O)c1ccc(NC(C)=O)cc1)OC. The first-order valence-electron chi connectivity index (χ1n) is 8.20. The summed E-state index contributed by atoms with van der Waals surface area (Å²) in [7, 11) is -4.53. The van der Waals surface area contributed by atoms with Crippen LogP contribution in [0.1, 0.15) is 6.92 Å². The van der Waals surface area contributed by atoms with Crippen molar-refractivity contribution in [3.8, 4) is 0 Å². The Kier molecular flexibility index (Phi) is 6.98. The second kappa shape index (κ2) is 8.65. The molecule has 1 aromatic rings. The molecule has 0 unspecified atom stereocenters. The highest BCUT2D eigenvalue weighted by atomic mass is 32.2. The van der Waals surface area contributed by atoms with E-state index in [9.17, 15) is 21.6 Å². The molecule has 27 heavy (non-hydrogen) atoms. The molecule has 0 aliphatic carbocycles. The molecule has 1 saturated heterocycles. The zero-order valence-electron chi connectivity index (χ0n) is 15.3. The number of anilines is 1. The largest absolute Gasteiger partial charge is 0.355 e. The molecule has 1 aromatic carbocycles. The molecular weight excluding hydrogens is 396 g/mol. The third-order valence-corrected chi connectivity index (χ3v) is 8.44. The average molecular weight is 421 g/mol. The van der Waals surface area contributed by atoms with Crippen LogP contribution in [0.25, 0.3) is 0 Å². The first kappa shape index (κ1) is 21.8. The van der Waals surface area contributed by atoms with E-state index in [2.05, 4.69) is 10.6 Å². The number of hydrogen-bond donors (Lipinski definition) is 2. The fourth-order valence-corrected chi connectivity index (χ4v) is 7.64. The topological polar surface area (TPSA) is 128 Å². The Balaban J connectivity index is 2.24. The minimum absolute atomic E-state index is 0.000495. The van der Waals surface area contributed by atoms with Crippen molar-refractivity contribution in [1.82, 2.24) is 5.32 Å². The summed E-state index contributed by atoms with van der Waals surface area (Å²) < 4.78 is 60.2. The lowest BCUT2D eigenvalue weighted by Gasteiger charge is -2.22. The van der Waals surface area contributed by atoms with Crippen LogP contribution in [-0.4, -0.2) is 72.6 Å². The summed E-state index contributed by atoms with van der Waals surface area (Å²) in [6, 6.07) is 4.87. The summed E-state index contributed by atoms with van der Waals surface area (Å²) >= 11 is 0. The number of benzene rings is 1. The molecule has 0 aromatic heterocycles. The maximum absolute atomic E-state index is 13.0. The lowest BCUT2D eigenvalue weighted by molar-refractivity contribution is -0.114. The van der Waals surface area contributed by atoms with Crippen molar-refractivity contribution in [2.45, 2.75) is 29.4 Å². The summed E-state index contributed by atoms with van der Waals surface area (Å²) in [6.45, 7) is 1.50. The predicted molar refractivity (Wildman–Crippen MR) is 100.0 cm³/mol. The van der Waals surface area contributed by atoms with E-state index in [-0.39, 0.29) is 23.1 Å². The van der Waals surface area contributed by atoms with Gasteiger partial charge in [-0.25, -0.2) is 16.8 Å². The maximum Gasteiger partial charge on any atom is 0.221 e. The number of ether oxygens (including phenoxy) is 2. The quantitative estimate of drug-likeness (QED) is 0.553. The summed E-state index contributed by atoms with van der Waals surface area (Å²) in [6.07, 6.45) is -0.617. The molecule has 2 rings (SSSR count). The van der Waals surface area contributed by atoms with Crippen LogP contribution in [0.15, 0.2) is 29.2 Å². The molecule has 11 heteroatoms. The van der Waals surface area contributed by atoms with Crippen molar-refractivity contribution < 1.29 is 31.1 Å². The van der Waals surface area contributed by atoms with E-state index in [0.717, 1.165) is 0 Å². The van der Waals surface area contributed by atoms with Crippen LogP contribution in [0.3, 0.4) is 0 Å². The van der Waals surface area contributed by atoms with Gasteiger partial charge in [-0.3, -0.25) is 4.79 Å². The minimum atomic E-state index is -3.90. The van der Waals surface area contributed by atoms with Gasteiger partial charge in [0.2, 0.25) is 5.91 Å². The number of hydrogen-bond acceptors (Lipinski definition) is 8. The maximum atomic E-state index is 13.0. The van der Waals surface area contributed by atoms with Crippen LogP contribution >= 0.6 is 0 Å². The van der Waals surface area contributed by atoms with Crippen LogP contribution in [0, 0.1) is 0 Å². The predicted octanol–water partition coefficient (Wildman–Crippen LogP) is -0.207. The molecule has 1 fully saturated rings. The van der Waals surface area contributed by atoms with Crippen molar-refractivity contribution in [2.24, 2.45) is 0 Å². The van der Waals surface area contributed by atoms with E-state index in [1.807, 2.05) is 0 Å². The fourth-order valence-electron chi connectivity index (χ4n) is 2.93. The van der Waals surface area contributed by atoms with Crippen molar-refractivity contribution >= 4 is 31.3 Å². The van der Waals surface area contributed by atoms with Crippen LogP contribution in [0.2, 0.25) is 0 Å². The van der Waals surface area contributed by atoms with Gasteiger partial charge in [-0.1, -0.05) is 0 Å². The summed E-state index contributed by atoms with van der Waals surface area (Å²) in [4.78, 5) is 11.1. The lowest BCUT2D eigenvalue weighted by atomic mass is 10.2. The molecule has 1 amide bonds. The van der Waals surface area contributed by atoms with E-state index in [0.29, 0.717) is 5.69 Å². The Hall–Kier alpha value is -1.53. The Morgan fingerprint density at radius 3 is 2.30 bits per heavy atom. The van der Waals surface area contributed by atoms with Gasteiger partial charge in [0.25, 0.3) is 0 Å². The van der Waals surface area contributed by atoms with Crippen LogP contribution in [-0.2, 0) is 33.9 Å². The molecule has 0 radical (unpaired) electrons. The summed E-state index contributed by atoms with van der Waals surface area (Å²) in [5.74, 6) is -1.01. The molecule has 0 spiro atoms. The monoisotopic (exact) mass is 420 g/mol. The highest BCUT2D eigenvalue weighted by Crippen LogP contribution is 2.27. The molecule has 1 aliphatic rings. The number of carbonyl (C=O) groups excluding carboxylic acids is 1. The highest BCUT2D eigenvalue weighted by molar-refractivity contribution is 7.96.